The minimum absolute atomic E-state index is 0.326. The second kappa shape index (κ2) is 7.99. The van der Waals surface area contributed by atoms with Crippen LogP contribution in [0.3, 0.4) is 0 Å². The van der Waals surface area contributed by atoms with Crippen molar-refractivity contribution in [3.63, 3.8) is 0 Å². The van der Waals surface area contributed by atoms with Crippen LogP contribution in [-0.2, 0) is 10.0 Å². The molecule has 25 heavy (non-hydrogen) atoms. The van der Waals surface area contributed by atoms with Crippen LogP contribution in [0.5, 0.6) is 0 Å². The second-order valence-corrected chi connectivity index (χ2v) is 9.62. The summed E-state index contributed by atoms with van der Waals surface area (Å²) in [5, 5.41) is 0. The van der Waals surface area contributed by atoms with E-state index in [9.17, 15) is 8.42 Å². The first-order chi connectivity index (χ1) is 12.0. The Morgan fingerprint density at radius 3 is 2.44 bits per heavy atom. The third-order valence-electron chi connectivity index (χ3n) is 5.34. The number of hydrogen-bond donors (Lipinski definition) is 0. The number of aromatic nitrogens is 2. The van der Waals surface area contributed by atoms with E-state index in [1.54, 1.807) is 10.5 Å². The molecule has 7 heteroatoms. The summed E-state index contributed by atoms with van der Waals surface area (Å²) >= 11 is 0. The van der Waals surface area contributed by atoms with Crippen molar-refractivity contribution in [2.24, 2.45) is 5.92 Å². The maximum atomic E-state index is 12.7. The smallest absolute Gasteiger partial charge is 0.225 e. The van der Waals surface area contributed by atoms with Gasteiger partial charge >= 0.3 is 0 Å². The van der Waals surface area contributed by atoms with Crippen LogP contribution in [0.25, 0.3) is 0 Å². The predicted molar refractivity (Wildman–Crippen MR) is 100 cm³/mol. The van der Waals surface area contributed by atoms with E-state index >= 15 is 0 Å². The molecule has 1 aromatic heterocycles. The monoisotopic (exact) mass is 366 g/mol. The molecule has 0 spiro atoms. The fraction of sp³-hybridized carbons (Fsp3) is 0.778. The number of sulfonamides is 1. The normalized spacial score (nSPS) is 21.0. The van der Waals surface area contributed by atoms with Gasteiger partial charge in [0.25, 0.3) is 0 Å². The van der Waals surface area contributed by atoms with Gasteiger partial charge in [0.1, 0.15) is 0 Å². The number of piperazine rings is 1. The van der Waals surface area contributed by atoms with Gasteiger partial charge in [-0.3, -0.25) is 0 Å². The van der Waals surface area contributed by atoms with Crippen LogP contribution in [0, 0.1) is 5.92 Å². The number of anilines is 1. The summed E-state index contributed by atoms with van der Waals surface area (Å²) in [5.74, 6) is 1.75. The maximum absolute atomic E-state index is 12.7. The van der Waals surface area contributed by atoms with Crippen LogP contribution in [-0.4, -0.2) is 54.6 Å². The molecule has 2 heterocycles. The minimum atomic E-state index is -3.14. The van der Waals surface area contributed by atoms with Crippen LogP contribution in [0.15, 0.2) is 12.3 Å². The van der Waals surface area contributed by atoms with Crippen molar-refractivity contribution in [3.05, 3.63) is 18.0 Å². The Balaban J connectivity index is 1.58. The summed E-state index contributed by atoms with van der Waals surface area (Å²) in [6.07, 6.45) is 7.54. The minimum Gasteiger partial charge on any atom is -0.338 e. The third kappa shape index (κ3) is 4.70. The third-order valence-corrected chi connectivity index (χ3v) is 7.39. The summed E-state index contributed by atoms with van der Waals surface area (Å²) in [6, 6.07) is 1.94. The molecule has 1 saturated heterocycles. The first-order valence-corrected chi connectivity index (χ1v) is 11.1. The van der Waals surface area contributed by atoms with Crippen molar-refractivity contribution in [2.45, 2.75) is 51.9 Å². The van der Waals surface area contributed by atoms with Crippen molar-refractivity contribution < 1.29 is 8.42 Å². The Kier molecular flexibility index (Phi) is 5.94. The highest BCUT2D eigenvalue weighted by atomic mass is 32.2. The van der Waals surface area contributed by atoms with E-state index in [0.717, 1.165) is 24.5 Å². The zero-order valence-electron chi connectivity index (χ0n) is 15.4. The molecular formula is C18H30N4O2S. The molecule has 0 unspecified atom stereocenters. The predicted octanol–water partition coefficient (Wildman–Crippen LogP) is 2.63. The molecule has 0 aromatic carbocycles. The molecule has 0 atom stereocenters. The lowest BCUT2D eigenvalue weighted by atomic mass is 9.91. The van der Waals surface area contributed by atoms with E-state index < -0.39 is 10.0 Å². The van der Waals surface area contributed by atoms with E-state index in [1.807, 2.05) is 6.07 Å². The standard InChI is InChI=1S/C18H30N4O2S/c1-15(2)17-8-9-19-18(20-17)21-10-12-22(13-11-21)25(23,24)14-16-6-4-3-5-7-16/h8-9,15-16H,3-7,10-14H2,1-2H3. The van der Waals surface area contributed by atoms with Crippen molar-refractivity contribution in [3.8, 4) is 0 Å². The van der Waals surface area contributed by atoms with Crippen LogP contribution in [0.2, 0.25) is 0 Å². The highest BCUT2D eigenvalue weighted by molar-refractivity contribution is 7.89. The van der Waals surface area contributed by atoms with Gasteiger partial charge in [-0.15, -0.1) is 0 Å². The van der Waals surface area contributed by atoms with Crippen molar-refractivity contribution in [2.75, 3.05) is 36.8 Å². The van der Waals surface area contributed by atoms with Gasteiger partial charge in [-0.1, -0.05) is 33.1 Å². The van der Waals surface area contributed by atoms with Crippen LogP contribution >= 0.6 is 0 Å². The summed E-state index contributed by atoms with van der Waals surface area (Å²) in [5.41, 5.74) is 1.03. The Morgan fingerprint density at radius 2 is 1.80 bits per heavy atom. The van der Waals surface area contributed by atoms with Gasteiger partial charge in [-0.2, -0.15) is 4.31 Å². The highest BCUT2D eigenvalue weighted by Crippen LogP contribution is 2.26. The summed E-state index contributed by atoms with van der Waals surface area (Å²) in [4.78, 5) is 11.1. The van der Waals surface area contributed by atoms with Crippen LogP contribution in [0.4, 0.5) is 5.95 Å². The summed E-state index contributed by atoms with van der Waals surface area (Å²) in [7, 11) is -3.14. The fourth-order valence-electron chi connectivity index (χ4n) is 3.76. The van der Waals surface area contributed by atoms with Crippen LogP contribution < -0.4 is 4.90 Å². The average molecular weight is 367 g/mol. The zero-order chi connectivity index (χ0) is 17.9. The molecule has 1 aliphatic heterocycles. The van der Waals surface area contributed by atoms with Crippen LogP contribution in [0.1, 0.15) is 57.6 Å². The van der Waals surface area contributed by atoms with Gasteiger partial charge < -0.3 is 4.90 Å². The van der Waals surface area contributed by atoms with E-state index in [0.29, 0.717) is 43.8 Å². The molecule has 0 N–H and O–H groups in total. The molecule has 0 bridgehead atoms. The largest absolute Gasteiger partial charge is 0.338 e. The quantitative estimate of drug-likeness (QED) is 0.801. The van der Waals surface area contributed by atoms with Gasteiger partial charge in [0.15, 0.2) is 0 Å². The first-order valence-electron chi connectivity index (χ1n) is 9.51. The van der Waals surface area contributed by atoms with Gasteiger partial charge in [-0.25, -0.2) is 18.4 Å². The molecule has 2 aliphatic rings. The van der Waals surface area contributed by atoms with E-state index in [-0.39, 0.29) is 0 Å². The molecule has 2 fully saturated rings. The Hall–Kier alpha value is -1.21. The lowest BCUT2D eigenvalue weighted by molar-refractivity contribution is 0.355. The molecule has 3 rings (SSSR count). The lowest BCUT2D eigenvalue weighted by Gasteiger charge is -2.35. The van der Waals surface area contributed by atoms with Crippen molar-refractivity contribution >= 4 is 16.0 Å². The molecule has 1 saturated carbocycles. The van der Waals surface area contributed by atoms with E-state index in [1.165, 1.54) is 19.3 Å². The number of hydrogen-bond acceptors (Lipinski definition) is 5. The van der Waals surface area contributed by atoms with Crippen molar-refractivity contribution in [1.29, 1.82) is 0 Å². The van der Waals surface area contributed by atoms with Gasteiger partial charge in [-0.05, 0) is 30.7 Å². The Morgan fingerprint density at radius 1 is 1.12 bits per heavy atom. The summed E-state index contributed by atoms with van der Waals surface area (Å²) in [6.45, 7) is 6.61. The fourth-order valence-corrected chi connectivity index (χ4v) is 5.62. The molecule has 140 valence electrons. The Bertz CT molecular complexity index is 663. The van der Waals surface area contributed by atoms with Crippen molar-refractivity contribution in [1.82, 2.24) is 14.3 Å². The summed E-state index contributed by atoms with van der Waals surface area (Å²) < 4.78 is 27.1. The molecule has 0 amide bonds. The highest BCUT2D eigenvalue weighted by Gasteiger charge is 2.30. The molecule has 0 radical (unpaired) electrons. The molecule has 1 aromatic rings. The first kappa shape index (κ1) is 18.6. The number of rotatable bonds is 5. The molecular weight excluding hydrogens is 336 g/mol. The van der Waals surface area contributed by atoms with E-state index in [4.69, 9.17) is 0 Å². The second-order valence-electron chi connectivity index (χ2n) is 7.60. The van der Waals surface area contributed by atoms with Gasteiger partial charge in [0.05, 0.1) is 5.75 Å². The maximum Gasteiger partial charge on any atom is 0.225 e. The molecule has 6 nitrogen and oxygen atoms in total. The SMILES string of the molecule is CC(C)c1ccnc(N2CCN(S(=O)(=O)CC3CCCCC3)CC2)n1. The van der Waals surface area contributed by atoms with Gasteiger partial charge in [0, 0.05) is 38.1 Å². The Labute approximate surface area is 151 Å². The lowest BCUT2D eigenvalue weighted by Crippen LogP contribution is -2.50. The molecule has 1 aliphatic carbocycles. The van der Waals surface area contributed by atoms with Gasteiger partial charge in [0.2, 0.25) is 16.0 Å². The topological polar surface area (TPSA) is 66.4 Å². The van der Waals surface area contributed by atoms with E-state index in [2.05, 4.69) is 28.7 Å². The average Bonchev–Trinajstić information content (AvgIpc) is 2.62. The number of nitrogens with zero attached hydrogens (tertiary/aromatic N) is 4. The zero-order valence-corrected chi connectivity index (χ0v) is 16.2.